The molecule has 0 aliphatic heterocycles. The molecule has 0 spiro atoms. The van der Waals surface area contributed by atoms with Gasteiger partial charge in [0.05, 0.1) is 6.42 Å². The molecule has 108 valence electrons. The molecule has 0 aromatic heterocycles. The Morgan fingerprint density at radius 1 is 1.20 bits per heavy atom. The van der Waals surface area contributed by atoms with Gasteiger partial charge in [-0.1, -0.05) is 30.3 Å². The van der Waals surface area contributed by atoms with Gasteiger partial charge in [-0.2, -0.15) is 0 Å². The second-order valence-electron chi connectivity index (χ2n) is 4.02. The van der Waals surface area contributed by atoms with Crippen molar-refractivity contribution >= 4 is 17.8 Å². The Bertz CT molecular complexity index is 487. The lowest BCUT2D eigenvalue weighted by atomic mass is 10.1. The lowest BCUT2D eigenvalue weighted by molar-refractivity contribution is -0.148. The van der Waals surface area contributed by atoms with Crippen molar-refractivity contribution in [2.75, 3.05) is 7.11 Å². The van der Waals surface area contributed by atoms with Crippen molar-refractivity contribution in [2.45, 2.75) is 18.6 Å². The van der Waals surface area contributed by atoms with E-state index in [1.165, 1.54) is 7.11 Å². The van der Waals surface area contributed by atoms with Gasteiger partial charge in [0.2, 0.25) is 0 Å². The lowest BCUT2D eigenvalue weighted by Gasteiger charge is -2.18. The molecule has 0 unspecified atom stereocenters. The summed E-state index contributed by atoms with van der Waals surface area (Å²) in [5.41, 5.74) is 0.548. The number of nitrogens with one attached hydrogen (secondary N) is 1. The average molecular weight is 281 g/mol. The van der Waals surface area contributed by atoms with Crippen LogP contribution in [-0.4, -0.2) is 41.2 Å². The first-order valence-corrected chi connectivity index (χ1v) is 5.78. The maximum absolute atomic E-state index is 12.0. The molecule has 3 N–H and O–H groups in total. The van der Waals surface area contributed by atoms with Crippen molar-refractivity contribution in [3.8, 4) is 0 Å². The number of carbonyl (C=O) groups is 3. The minimum atomic E-state index is -1.50. The fourth-order valence-electron chi connectivity index (χ4n) is 1.64. The zero-order valence-electron chi connectivity index (χ0n) is 10.8. The molecule has 0 fully saturated rings. The predicted octanol–water partition coefficient (Wildman–Crippen LogP) is 0.418. The van der Waals surface area contributed by atoms with E-state index in [9.17, 15) is 14.4 Å². The molecule has 0 radical (unpaired) electrons. The molecule has 0 saturated carbocycles. The summed E-state index contributed by atoms with van der Waals surface area (Å²) in [4.78, 5) is 33.4. The SMILES string of the molecule is CO[C@H](C(=O)N[C@@H](CC(=O)O)C(=O)O)c1ccccc1. The number of carboxylic acids is 2. The van der Waals surface area contributed by atoms with Crippen LogP contribution >= 0.6 is 0 Å². The molecule has 7 nitrogen and oxygen atoms in total. The van der Waals surface area contributed by atoms with Crippen LogP contribution in [0.3, 0.4) is 0 Å². The quantitative estimate of drug-likeness (QED) is 0.667. The minimum absolute atomic E-state index is 0.548. The van der Waals surface area contributed by atoms with Crippen molar-refractivity contribution in [1.29, 1.82) is 0 Å². The van der Waals surface area contributed by atoms with E-state index in [0.29, 0.717) is 5.56 Å². The Kier molecular flexibility index (Phi) is 5.67. The highest BCUT2D eigenvalue weighted by molar-refractivity contribution is 5.89. The second kappa shape index (κ2) is 7.25. The first-order valence-electron chi connectivity index (χ1n) is 5.78. The molecular formula is C13H15NO6. The normalized spacial score (nSPS) is 13.2. The first kappa shape index (κ1) is 15.6. The van der Waals surface area contributed by atoms with Crippen LogP contribution in [0.5, 0.6) is 0 Å². The van der Waals surface area contributed by atoms with E-state index < -0.39 is 36.4 Å². The van der Waals surface area contributed by atoms with E-state index in [1.54, 1.807) is 30.3 Å². The molecule has 2 atom stereocenters. The maximum atomic E-state index is 12.0. The Labute approximate surface area is 115 Å². The van der Waals surface area contributed by atoms with Gasteiger partial charge in [-0.15, -0.1) is 0 Å². The largest absolute Gasteiger partial charge is 0.481 e. The average Bonchev–Trinajstić information content (AvgIpc) is 2.39. The molecule has 0 bridgehead atoms. The molecule has 0 aliphatic rings. The molecule has 1 aromatic rings. The van der Waals surface area contributed by atoms with Gasteiger partial charge < -0.3 is 20.3 Å². The van der Waals surface area contributed by atoms with Crippen molar-refractivity contribution in [1.82, 2.24) is 5.32 Å². The van der Waals surface area contributed by atoms with Crippen LogP contribution in [0.2, 0.25) is 0 Å². The number of methoxy groups -OCH3 is 1. The third kappa shape index (κ3) is 4.36. The molecule has 20 heavy (non-hydrogen) atoms. The summed E-state index contributed by atoms with van der Waals surface area (Å²) in [6.45, 7) is 0. The summed E-state index contributed by atoms with van der Waals surface area (Å²) in [7, 11) is 1.31. The fourth-order valence-corrected chi connectivity index (χ4v) is 1.64. The van der Waals surface area contributed by atoms with Gasteiger partial charge in [0.15, 0.2) is 6.10 Å². The summed E-state index contributed by atoms with van der Waals surface area (Å²) < 4.78 is 5.03. The number of carboxylic acid groups (broad SMARTS) is 2. The van der Waals surface area contributed by atoms with Crippen LogP contribution in [0.25, 0.3) is 0 Å². The molecule has 1 amide bonds. The summed E-state index contributed by atoms with van der Waals surface area (Å²) in [5, 5.41) is 19.6. The first-order chi connectivity index (χ1) is 9.45. The third-order valence-corrected chi connectivity index (χ3v) is 2.57. The van der Waals surface area contributed by atoms with E-state index in [1.807, 2.05) is 0 Å². The van der Waals surface area contributed by atoms with Gasteiger partial charge in [-0.3, -0.25) is 9.59 Å². The van der Waals surface area contributed by atoms with Crippen molar-refractivity contribution in [3.63, 3.8) is 0 Å². The van der Waals surface area contributed by atoms with Crippen LogP contribution in [0.4, 0.5) is 0 Å². The van der Waals surface area contributed by atoms with Gasteiger partial charge in [-0.05, 0) is 5.56 Å². The van der Waals surface area contributed by atoms with Crippen molar-refractivity contribution in [2.24, 2.45) is 0 Å². The summed E-state index contributed by atoms with van der Waals surface area (Å²) in [5.74, 6) is -3.43. The Morgan fingerprint density at radius 3 is 2.25 bits per heavy atom. The van der Waals surface area contributed by atoms with E-state index in [0.717, 1.165) is 0 Å². The summed E-state index contributed by atoms with van der Waals surface area (Å²) in [6, 6.07) is 6.99. The van der Waals surface area contributed by atoms with Gasteiger partial charge in [0.1, 0.15) is 6.04 Å². The number of rotatable bonds is 7. The molecule has 0 saturated heterocycles. The highest BCUT2D eigenvalue weighted by atomic mass is 16.5. The number of carbonyl (C=O) groups excluding carboxylic acids is 1. The number of hydrogen-bond donors (Lipinski definition) is 3. The van der Waals surface area contributed by atoms with Crippen LogP contribution < -0.4 is 5.32 Å². The number of amides is 1. The smallest absolute Gasteiger partial charge is 0.326 e. The standard InChI is InChI=1S/C13H15NO6/c1-20-11(8-5-3-2-4-6-8)12(17)14-9(13(18)19)7-10(15)16/h2-6,9,11H,7H2,1H3,(H,14,17)(H,15,16)(H,18,19)/t9-,11-/m0/s1. The van der Waals surface area contributed by atoms with E-state index in [4.69, 9.17) is 14.9 Å². The number of ether oxygens (including phenoxy) is 1. The van der Waals surface area contributed by atoms with Crippen molar-refractivity contribution in [3.05, 3.63) is 35.9 Å². The third-order valence-electron chi connectivity index (χ3n) is 2.57. The zero-order chi connectivity index (χ0) is 15.1. The van der Waals surface area contributed by atoms with Crippen LogP contribution in [0.15, 0.2) is 30.3 Å². The van der Waals surface area contributed by atoms with Gasteiger partial charge in [0, 0.05) is 7.11 Å². The Hall–Kier alpha value is -2.41. The van der Waals surface area contributed by atoms with Gasteiger partial charge in [-0.25, -0.2) is 4.79 Å². The number of benzene rings is 1. The molecule has 7 heteroatoms. The van der Waals surface area contributed by atoms with Gasteiger partial charge in [0.25, 0.3) is 5.91 Å². The molecule has 0 heterocycles. The van der Waals surface area contributed by atoms with Crippen molar-refractivity contribution < 1.29 is 29.3 Å². The van der Waals surface area contributed by atoms with E-state index in [-0.39, 0.29) is 0 Å². The monoisotopic (exact) mass is 281 g/mol. The summed E-state index contributed by atoms with van der Waals surface area (Å²) >= 11 is 0. The van der Waals surface area contributed by atoms with Crippen LogP contribution in [0, 0.1) is 0 Å². The number of aliphatic carboxylic acids is 2. The Balaban J connectivity index is 2.81. The minimum Gasteiger partial charge on any atom is -0.481 e. The number of hydrogen-bond acceptors (Lipinski definition) is 4. The maximum Gasteiger partial charge on any atom is 0.326 e. The van der Waals surface area contributed by atoms with Gasteiger partial charge >= 0.3 is 11.9 Å². The second-order valence-corrected chi connectivity index (χ2v) is 4.02. The predicted molar refractivity (Wildman–Crippen MR) is 68.0 cm³/mol. The summed E-state index contributed by atoms with van der Waals surface area (Å²) in [6.07, 6.45) is -1.70. The van der Waals surface area contributed by atoms with E-state index >= 15 is 0 Å². The molecule has 0 aliphatic carbocycles. The van der Waals surface area contributed by atoms with Crippen LogP contribution in [-0.2, 0) is 19.1 Å². The zero-order valence-corrected chi connectivity index (χ0v) is 10.8. The highest BCUT2D eigenvalue weighted by Gasteiger charge is 2.27. The topological polar surface area (TPSA) is 113 Å². The molecular weight excluding hydrogens is 266 g/mol. The van der Waals surface area contributed by atoms with Crippen LogP contribution in [0.1, 0.15) is 18.1 Å². The fraction of sp³-hybridized carbons (Fsp3) is 0.308. The lowest BCUT2D eigenvalue weighted by Crippen LogP contribution is -2.44. The van der Waals surface area contributed by atoms with E-state index in [2.05, 4.69) is 5.32 Å². The molecule has 1 aromatic carbocycles. The Morgan fingerprint density at radius 2 is 1.80 bits per heavy atom. The highest BCUT2D eigenvalue weighted by Crippen LogP contribution is 2.16. The molecule has 1 rings (SSSR count).